The molecule has 0 saturated heterocycles. The van der Waals surface area contributed by atoms with E-state index in [4.69, 9.17) is 15.9 Å². The Kier molecular flexibility index (Phi) is 5.79. The van der Waals surface area contributed by atoms with E-state index in [9.17, 15) is 4.39 Å². The summed E-state index contributed by atoms with van der Waals surface area (Å²) in [6, 6.07) is 11.9. The normalized spacial score (nSPS) is 11.1. The summed E-state index contributed by atoms with van der Waals surface area (Å²) >= 11 is 0. The van der Waals surface area contributed by atoms with Crippen molar-refractivity contribution in [3.63, 3.8) is 0 Å². The van der Waals surface area contributed by atoms with E-state index in [1.807, 2.05) is 13.0 Å². The Bertz CT molecular complexity index is 1910. The van der Waals surface area contributed by atoms with Crippen LogP contribution in [0.4, 0.5) is 16.3 Å². The van der Waals surface area contributed by atoms with Gasteiger partial charge in [0.05, 0.1) is 12.2 Å². The van der Waals surface area contributed by atoms with E-state index >= 15 is 0 Å². The van der Waals surface area contributed by atoms with Gasteiger partial charge in [0.25, 0.3) is 0 Å². The summed E-state index contributed by atoms with van der Waals surface area (Å²) in [5, 5.41) is 25.1. The molecule has 15 nitrogen and oxygen atoms in total. The molecular formula is C23H19FN14O. The first-order valence-electron chi connectivity index (χ1n) is 11.5. The second kappa shape index (κ2) is 9.58. The first-order valence-corrected chi connectivity index (χ1v) is 11.5. The molecule has 0 fully saturated rings. The van der Waals surface area contributed by atoms with E-state index in [1.165, 1.54) is 10.7 Å². The molecular weight excluding hydrogens is 507 g/mol. The van der Waals surface area contributed by atoms with Crippen LogP contribution in [0, 0.1) is 12.7 Å². The summed E-state index contributed by atoms with van der Waals surface area (Å²) in [6.45, 7) is 2.02. The molecule has 7 rings (SSSR count). The lowest BCUT2D eigenvalue weighted by atomic mass is 10.2. The van der Waals surface area contributed by atoms with Crippen LogP contribution in [-0.2, 0) is 6.54 Å². The fourth-order valence-electron chi connectivity index (χ4n) is 3.84. The van der Waals surface area contributed by atoms with Crippen LogP contribution in [0.2, 0.25) is 0 Å². The fourth-order valence-corrected chi connectivity index (χ4v) is 3.84. The predicted octanol–water partition coefficient (Wildman–Crippen LogP) is 2.28. The van der Waals surface area contributed by atoms with Gasteiger partial charge in [0, 0.05) is 11.8 Å². The number of H-pyrrole nitrogens is 2. The van der Waals surface area contributed by atoms with Crippen molar-refractivity contribution in [2.45, 2.75) is 13.5 Å². The van der Waals surface area contributed by atoms with E-state index < -0.39 is 0 Å². The SMILES string of the molecule is Cc1ccc(-c2nc(N)nc3c2nnn3Cc2ccccc2F)o1.Nc1nc(-c2ccn[nH]2)c2n[nH]nc2n1. The minimum Gasteiger partial charge on any atom is -0.460 e. The molecule has 0 aliphatic carbocycles. The molecule has 194 valence electrons. The van der Waals surface area contributed by atoms with Crippen LogP contribution in [0.25, 0.3) is 45.2 Å². The third-order valence-electron chi connectivity index (χ3n) is 5.59. The maximum Gasteiger partial charge on any atom is 0.222 e. The number of rotatable bonds is 4. The number of nitrogens with one attached hydrogen (secondary N) is 2. The molecule has 0 radical (unpaired) electrons. The molecule has 16 heteroatoms. The van der Waals surface area contributed by atoms with Crippen molar-refractivity contribution in [1.29, 1.82) is 0 Å². The van der Waals surface area contributed by atoms with Gasteiger partial charge >= 0.3 is 0 Å². The number of fused-ring (bicyclic) bond motifs is 2. The highest BCUT2D eigenvalue weighted by Gasteiger charge is 2.18. The van der Waals surface area contributed by atoms with Gasteiger partial charge < -0.3 is 15.9 Å². The molecule has 1 aromatic carbocycles. The van der Waals surface area contributed by atoms with Gasteiger partial charge in [0.2, 0.25) is 17.5 Å². The molecule has 6 aromatic heterocycles. The average molecular weight is 527 g/mol. The lowest BCUT2D eigenvalue weighted by molar-refractivity contribution is 0.547. The number of benzene rings is 1. The van der Waals surface area contributed by atoms with E-state index in [-0.39, 0.29) is 24.3 Å². The van der Waals surface area contributed by atoms with Crippen molar-refractivity contribution in [3.8, 4) is 22.8 Å². The first-order chi connectivity index (χ1) is 19.0. The van der Waals surface area contributed by atoms with E-state index in [0.717, 1.165) is 11.5 Å². The topological polar surface area (TPSA) is 218 Å². The molecule has 7 aromatic rings. The Hall–Kier alpha value is -5.80. The molecule has 0 bridgehead atoms. The number of aromatic nitrogens is 12. The van der Waals surface area contributed by atoms with Crippen LogP contribution < -0.4 is 11.5 Å². The molecule has 6 N–H and O–H groups in total. The number of hydrogen-bond donors (Lipinski definition) is 4. The predicted molar refractivity (Wildman–Crippen MR) is 137 cm³/mol. The van der Waals surface area contributed by atoms with Gasteiger partial charge in [0.15, 0.2) is 22.4 Å². The summed E-state index contributed by atoms with van der Waals surface area (Å²) in [4.78, 5) is 16.4. The quantitative estimate of drug-likeness (QED) is 0.260. The highest BCUT2D eigenvalue weighted by Crippen LogP contribution is 2.27. The number of nitrogen functional groups attached to an aromatic ring is 2. The number of furan rings is 1. The highest BCUT2D eigenvalue weighted by molar-refractivity contribution is 5.86. The second-order valence-electron chi connectivity index (χ2n) is 8.25. The lowest BCUT2D eigenvalue weighted by Gasteiger charge is -2.04. The minimum atomic E-state index is -0.315. The number of aryl methyl sites for hydroxylation is 1. The van der Waals surface area contributed by atoms with Gasteiger partial charge in [-0.05, 0) is 31.2 Å². The summed E-state index contributed by atoms with van der Waals surface area (Å²) in [5.41, 5.74) is 15.5. The van der Waals surface area contributed by atoms with Crippen LogP contribution in [0.15, 0.2) is 53.1 Å². The Morgan fingerprint density at radius 1 is 0.923 bits per heavy atom. The standard InChI is InChI=1S/C16H13FN6O.C7H6N8/c1-9-6-7-12(24-9)13-14-15(20-16(18)19-13)23(22-21-14)8-10-4-2-3-5-11(10)17;8-7-10-4(3-1-2-9-12-3)5-6(11-7)14-15-13-5/h2-7H,8H2,1H3,(H2,18,19,20);1-2H,(H,9,12)(H3,8,10,11,13,14,15). The molecule has 0 atom stereocenters. The molecule has 0 aliphatic heterocycles. The van der Waals surface area contributed by atoms with E-state index in [1.54, 1.807) is 36.5 Å². The number of anilines is 2. The number of hydrogen-bond acceptors (Lipinski definition) is 12. The second-order valence-corrected chi connectivity index (χ2v) is 8.25. The van der Waals surface area contributed by atoms with Gasteiger partial charge in [-0.15, -0.1) is 10.2 Å². The van der Waals surface area contributed by atoms with Crippen molar-refractivity contribution in [1.82, 2.24) is 60.5 Å². The third-order valence-corrected chi connectivity index (χ3v) is 5.59. The molecule has 0 amide bonds. The molecule has 6 heterocycles. The summed E-state index contributed by atoms with van der Waals surface area (Å²) in [6.07, 6.45) is 1.62. The molecule has 0 saturated carbocycles. The van der Waals surface area contributed by atoms with Crippen LogP contribution in [0.5, 0.6) is 0 Å². The minimum absolute atomic E-state index is 0.0728. The van der Waals surface area contributed by atoms with Crippen LogP contribution in [0.3, 0.4) is 0 Å². The first kappa shape index (κ1) is 23.6. The average Bonchev–Trinajstić information content (AvgIpc) is 3.73. The van der Waals surface area contributed by atoms with Crippen molar-refractivity contribution in [2.75, 3.05) is 11.5 Å². The molecule has 0 aliphatic rings. The summed E-state index contributed by atoms with van der Waals surface area (Å²) in [5.74, 6) is 1.19. The van der Waals surface area contributed by atoms with Crippen molar-refractivity contribution < 1.29 is 8.81 Å². The van der Waals surface area contributed by atoms with Crippen LogP contribution >= 0.6 is 0 Å². The zero-order chi connectivity index (χ0) is 26.9. The lowest BCUT2D eigenvalue weighted by Crippen LogP contribution is -2.06. The van der Waals surface area contributed by atoms with E-state index in [2.05, 4.69) is 55.9 Å². The number of nitrogens with two attached hydrogens (primary N) is 2. The third kappa shape index (κ3) is 4.57. The molecule has 39 heavy (non-hydrogen) atoms. The van der Waals surface area contributed by atoms with Gasteiger partial charge in [-0.25, -0.2) is 19.0 Å². The highest BCUT2D eigenvalue weighted by atomic mass is 19.1. The number of aromatic amines is 2. The van der Waals surface area contributed by atoms with Crippen molar-refractivity contribution in [3.05, 3.63) is 65.8 Å². The monoisotopic (exact) mass is 526 g/mol. The smallest absolute Gasteiger partial charge is 0.222 e. The zero-order valence-electron chi connectivity index (χ0n) is 20.2. The van der Waals surface area contributed by atoms with Crippen molar-refractivity contribution in [2.24, 2.45) is 0 Å². The van der Waals surface area contributed by atoms with Crippen molar-refractivity contribution >= 4 is 34.2 Å². The number of nitrogens with zero attached hydrogens (tertiary/aromatic N) is 10. The van der Waals surface area contributed by atoms with Crippen LogP contribution in [0.1, 0.15) is 11.3 Å². The van der Waals surface area contributed by atoms with Gasteiger partial charge in [-0.2, -0.15) is 25.4 Å². The Balaban J connectivity index is 0.000000158. The van der Waals surface area contributed by atoms with Gasteiger partial charge in [-0.3, -0.25) is 5.10 Å². The Labute approximate surface area is 217 Å². The van der Waals surface area contributed by atoms with E-state index in [0.29, 0.717) is 45.0 Å². The molecule has 0 unspecified atom stereocenters. The summed E-state index contributed by atoms with van der Waals surface area (Å²) in [7, 11) is 0. The summed E-state index contributed by atoms with van der Waals surface area (Å²) < 4.78 is 21.0. The van der Waals surface area contributed by atoms with Crippen LogP contribution in [-0.4, -0.2) is 60.5 Å². The fraction of sp³-hybridized carbons (Fsp3) is 0.0870. The largest absolute Gasteiger partial charge is 0.460 e. The van der Waals surface area contributed by atoms with Gasteiger partial charge in [0.1, 0.15) is 23.0 Å². The Morgan fingerprint density at radius 2 is 1.74 bits per heavy atom. The Morgan fingerprint density at radius 3 is 2.51 bits per heavy atom. The maximum absolute atomic E-state index is 13.9. The maximum atomic E-state index is 13.9. The number of halogens is 1. The zero-order valence-corrected chi connectivity index (χ0v) is 20.2. The molecule has 0 spiro atoms. The van der Waals surface area contributed by atoms with Gasteiger partial charge in [-0.1, -0.05) is 23.4 Å².